The zero-order chi connectivity index (χ0) is 38.4. The first-order valence-electron chi connectivity index (χ1n) is 20.5. The Morgan fingerprint density at radius 1 is 0.615 bits per heavy atom. The number of hydrogen-bond acceptors (Lipinski definition) is 7. The summed E-state index contributed by atoms with van der Waals surface area (Å²) < 4.78 is 34.4. The number of phosphoric acid groups is 1. The first-order valence-corrected chi connectivity index (χ1v) is 22.0. The molecular formula is C43H78NO7P. The van der Waals surface area contributed by atoms with Gasteiger partial charge in [0, 0.05) is 13.0 Å². The number of carbonyl (C=O) groups is 1. The van der Waals surface area contributed by atoms with Gasteiger partial charge in [0.1, 0.15) is 19.3 Å². The van der Waals surface area contributed by atoms with Crippen molar-refractivity contribution in [1.82, 2.24) is 0 Å². The van der Waals surface area contributed by atoms with Gasteiger partial charge in [0.15, 0.2) is 0 Å². The van der Waals surface area contributed by atoms with Gasteiger partial charge < -0.3 is 27.9 Å². The van der Waals surface area contributed by atoms with Gasteiger partial charge in [-0.15, -0.1) is 0 Å². The second-order valence-electron chi connectivity index (χ2n) is 14.6. The molecule has 2 unspecified atom stereocenters. The standard InChI is InChI=1S/C43H78NO7P/c1-6-8-10-12-14-16-18-19-20-21-22-23-24-25-26-28-30-32-34-36-43(45)51-42(41-50-52(46,47)49-39-37-44(3,4)5)40-48-38-35-33-31-29-27-17-15-13-11-9-7-2/h8,10,14,16,19-20,22-23,25-26,42H,6-7,9,11-13,15,17-18,21,24,27-41H2,1-5H3/b10-8-,16-14-,20-19-,23-22-,26-25-. The number of nitrogens with zero attached hydrogens (tertiary/aromatic N) is 1. The van der Waals surface area contributed by atoms with Crippen molar-refractivity contribution in [3.63, 3.8) is 0 Å². The Balaban J connectivity index is 4.34. The lowest BCUT2D eigenvalue weighted by molar-refractivity contribution is -0.870. The molecular weight excluding hydrogens is 673 g/mol. The van der Waals surface area contributed by atoms with Gasteiger partial charge in [-0.25, -0.2) is 0 Å². The summed E-state index contributed by atoms with van der Waals surface area (Å²) in [6, 6.07) is 0. The van der Waals surface area contributed by atoms with E-state index in [1.807, 2.05) is 21.1 Å². The first-order chi connectivity index (χ1) is 25.1. The monoisotopic (exact) mass is 752 g/mol. The summed E-state index contributed by atoms with van der Waals surface area (Å²) in [6.45, 7) is 5.23. The lowest BCUT2D eigenvalue weighted by atomic mass is 10.1. The van der Waals surface area contributed by atoms with Crippen molar-refractivity contribution in [2.24, 2.45) is 0 Å². The Hall–Kier alpha value is -1.80. The molecule has 0 aliphatic carbocycles. The maximum atomic E-state index is 12.6. The topological polar surface area (TPSA) is 94.1 Å². The van der Waals surface area contributed by atoms with Gasteiger partial charge in [0.25, 0.3) is 7.82 Å². The molecule has 52 heavy (non-hydrogen) atoms. The predicted molar refractivity (Wildman–Crippen MR) is 217 cm³/mol. The summed E-state index contributed by atoms with van der Waals surface area (Å²) in [6.07, 6.45) is 43.7. The molecule has 0 bridgehead atoms. The number of quaternary nitrogens is 1. The fourth-order valence-electron chi connectivity index (χ4n) is 5.16. The fourth-order valence-corrected chi connectivity index (χ4v) is 5.89. The van der Waals surface area contributed by atoms with E-state index in [-0.39, 0.29) is 32.2 Å². The molecule has 0 aromatic rings. The van der Waals surface area contributed by atoms with E-state index in [4.69, 9.17) is 18.5 Å². The summed E-state index contributed by atoms with van der Waals surface area (Å²) in [4.78, 5) is 25.0. The molecule has 0 radical (unpaired) electrons. The van der Waals surface area contributed by atoms with Crippen molar-refractivity contribution < 1.29 is 37.3 Å². The third kappa shape index (κ3) is 39.4. The zero-order valence-electron chi connectivity index (χ0n) is 34.0. The maximum Gasteiger partial charge on any atom is 0.306 e. The van der Waals surface area contributed by atoms with Crippen LogP contribution in [0.25, 0.3) is 0 Å². The van der Waals surface area contributed by atoms with Crippen LogP contribution in [0.2, 0.25) is 0 Å². The van der Waals surface area contributed by atoms with Crippen LogP contribution in [-0.4, -0.2) is 70.7 Å². The smallest absolute Gasteiger partial charge is 0.306 e. The average molecular weight is 752 g/mol. The minimum absolute atomic E-state index is 0.0176. The SMILES string of the molecule is CC/C=C\C/C=C\C/C=C\C/C=C\C/C=C\CCCCCC(=O)OC(COCCCCCCCCCCCCC)COP(=O)([O-])OCC[N+](C)(C)C. The van der Waals surface area contributed by atoms with Crippen LogP contribution < -0.4 is 4.89 Å². The van der Waals surface area contributed by atoms with E-state index in [0.717, 1.165) is 64.2 Å². The van der Waals surface area contributed by atoms with Crippen molar-refractivity contribution in [3.05, 3.63) is 60.8 Å². The lowest BCUT2D eigenvalue weighted by Gasteiger charge is -2.28. The Morgan fingerprint density at radius 2 is 1.12 bits per heavy atom. The first kappa shape index (κ1) is 50.2. The molecule has 0 saturated heterocycles. The van der Waals surface area contributed by atoms with E-state index < -0.39 is 13.9 Å². The Kier molecular flexibility index (Phi) is 34.9. The Morgan fingerprint density at radius 3 is 1.65 bits per heavy atom. The highest BCUT2D eigenvalue weighted by Crippen LogP contribution is 2.38. The van der Waals surface area contributed by atoms with Crippen LogP contribution in [0, 0.1) is 0 Å². The van der Waals surface area contributed by atoms with E-state index >= 15 is 0 Å². The van der Waals surface area contributed by atoms with Gasteiger partial charge in [-0.2, -0.15) is 0 Å². The molecule has 9 heteroatoms. The molecule has 0 aromatic heterocycles. The Bertz CT molecular complexity index is 1020. The molecule has 0 rings (SSSR count). The largest absolute Gasteiger partial charge is 0.756 e. The summed E-state index contributed by atoms with van der Waals surface area (Å²) in [5.74, 6) is -0.367. The number of esters is 1. The molecule has 8 nitrogen and oxygen atoms in total. The minimum atomic E-state index is -4.53. The molecule has 0 aliphatic heterocycles. The fraction of sp³-hybridized carbons (Fsp3) is 0.744. The van der Waals surface area contributed by atoms with Gasteiger partial charge in [0.05, 0.1) is 34.4 Å². The van der Waals surface area contributed by atoms with Crippen LogP contribution in [0.15, 0.2) is 60.8 Å². The lowest BCUT2D eigenvalue weighted by Crippen LogP contribution is -2.37. The number of rotatable bonds is 37. The van der Waals surface area contributed by atoms with Gasteiger partial charge >= 0.3 is 5.97 Å². The maximum absolute atomic E-state index is 12.6. The second kappa shape index (κ2) is 36.2. The van der Waals surface area contributed by atoms with Crippen molar-refractivity contribution in [3.8, 4) is 0 Å². The highest BCUT2D eigenvalue weighted by Gasteiger charge is 2.20. The molecule has 0 aromatic carbocycles. The molecule has 302 valence electrons. The number of hydrogen-bond donors (Lipinski definition) is 0. The number of phosphoric ester groups is 1. The molecule has 2 atom stereocenters. The van der Waals surface area contributed by atoms with Crippen LogP contribution in [0.4, 0.5) is 0 Å². The number of carbonyl (C=O) groups excluding carboxylic acids is 1. The van der Waals surface area contributed by atoms with Crippen LogP contribution >= 0.6 is 7.82 Å². The van der Waals surface area contributed by atoms with Crippen LogP contribution in [-0.2, 0) is 27.9 Å². The third-order valence-corrected chi connectivity index (χ3v) is 9.30. The van der Waals surface area contributed by atoms with Crippen molar-refractivity contribution in [2.75, 3.05) is 54.1 Å². The zero-order valence-corrected chi connectivity index (χ0v) is 34.9. The Labute approximate surface area is 320 Å². The highest BCUT2D eigenvalue weighted by molar-refractivity contribution is 7.45. The van der Waals surface area contributed by atoms with Gasteiger partial charge in [0.2, 0.25) is 0 Å². The molecule has 0 saturated carbocycles. The number of ether oxygens (including phenoxy) is 2. The van der Waals surface area contributed by atoms with E-state index in [1.165, 1.54) is 57.8 Å². The summed E-state index contributed by atoms with van der Waals surface area (Å²) in [5.41, 5.74) is 0. The highest BCUT2D eigenvalue weighted by atomic mass is 31.2. The molecule has 0 spiro atoms. The number of likely N-dealkylation sites (N-methyl/N-ethyl adjacent to an activating group) is 1. The molecule has 0 amide bonds. The van der Waals surface area contributed by atoms with E-state index in [0.29, 0.717) is 24.1 Å². The van der Waals surface area contributed by atoms with Crippen molar-refractivity contribution in [1.29, 1.82) is 0 Å². The van der Waals surface area contributed by atoms with Gasteiger partial charge in [-0.05, 0) is 57.8 Å². The van der Waals surface area contributed by atoms with Crippen LogP contribution in [0.5, 0.6) is 0 Å². The normalized spacial score (nSPS) is 14.5. The minimum Gasteiger partial charge on any atom is -0.756 e. The summed E-state index contributed by atoms with van der Waals surface area (Å²) in [7, 11) is 1.33. The van der Waals surface area contributed by atoms with Crippen molar-refractivity contribution in [2.45, 2.75) is 155 Å². The third-order valence-electron chi connectivity index (χ3n) is 8.33. The van der Waals surface area contributed by atoms with Gasteiger partial charge in [-0.3, -0.25) is 9.36 Å². The number of unbranched alkanes of at least 4 members (excludes halogenated alkanes) is 13. The second-order valence-corrected chi connectivity index (χ2v) is 16.0. The van der Waals surface area contributed by atoms with Gasteiger partial charge in [-0.1, -0.05) is 145 Å². The number of allylic oxidation sites excluding steroid dienone is 10. The quantitative estimate of drug-likeness (QED) is 0.0205. The molecule has 0 aliphatic rings. The van der Waals surface area contributed by atoms with Crippen LogP contribution in [0.3, 0.4) is 0 Å². The van der Waals surface area contributed by atoms with Crippen LogP contribution in [0.1, 0.15) is 149 Å². The summed E-state index contributed by atoms with van der Waals surface area (Å²) in [5, 5.41) is 0. The molecule has 0 heterocycles. The van der Waals surface area contributed by atoms with E-state index in [1.54, 1.807) is 0 Å². The average Bonchev–Trinajstić information content (AvgIpc) is 3.09. The molecule has 0 fully saturated rings. The van der Waals surface area contributed by atoms with E-state index in [9.17, 15) is 14.3 Å². The van der Waals surface area contributed by atoms with Crippen molar-refractivity contribution >= 4 is 13.8 Å². The summed E-state index contributed by atoms with van der Waals surface area (Å²) >= 11 is 0. The predicted octanol–water partition coefficient (Wildman–Crippen LogP) is 11.1. The molecule has 0 N–H and O–H groups in total. The van der Waals surface area contributed by atoms with E-state index in [2.05, 4.69) is 74.6 Å².